The van der Waals surface area contributed by atoms with Gasteiger partial charge in [-0.05, 0) is 30.5 Å². The maximum absolute atomic E-state index is 10.6. The molecule has 0 aliphatic heterocycles. The highest BCUT2D eigenvalue weighted by Crippen LogP contribution is 2.24. The number of phenols is 1. The lowest BCUT2D eigenvalue weighted by Gasteiger charge is -2.11. The molecule has 9 heteroatoms. The number of carboxylic acids is 1. The standard InChI is InChI=1S/C11H14O8S/c12-8(1-2-11(14)15)3-7-4-9(13)6-10(5-7)19-20(16,17)18/h4-6,8,12-13H,1-3H2,(H,14,15)(H,16,17,18). The minimum absolute atomic E-state index is 0.00349. The van der Waals surface area contributed by atoms with Crippen molar-refractivity contribution in [2.24, 2.45) is 0 Å². The minimum Gasteiger partial charge on any atom is -0.508 e. The van der Waals surface area contributed by atoms with Gasteiger partial charge in [0.05, 0.1) is 6.10 Å². The van der Waals surface area contributed by atoms with Gasteiger partial charge in [-0.25, -0.2) is 0 Å². The fraction of sp³-hybridized carbons (Fsp3) is 0.364. The van der Waals surface area contributed by atoms with E-state index in [4.69, 9.17) is 9.66 Å². The number of phenolic OH excluding ortho intramolecular Hbond substituents is 1. The van der Waals surface area contributed by atoms with Crippen molar-refractivity contribution in [1.82, 2.24) is 0 Å². The van der Waals surface area contributed by atoms with Crippen molar-refractivity contribution in [2.45, 2.75) is 25.4 Å². The second-order valence-electron chi connectivity index (χ2n) is 4.14. The van der Waals surface area contributed by atoms with Gasteiger partial charge in [0, 0.05) is 12.5 Å². The molecule has 0 aliphatic carbocycles. The number of aromatic hydroxyl groups is 1. The molecule has 0 aliphatic rings. The van der Waals surface area contributed by atoms with E-state index in [1.54, 1.807) is 0 Å². The summed E-state index contributed by atoms with van der Waals surface area (Å²) in [5, 5.41) is 27.5. The van der Waals surface area contributed by atoms with E-state index in [9.17, 15) is 23.4 Å². The third kappa shape index (κ3) is 6.36. The second-order valence-corrected chi connectivity index (χ2v) is 5.16. The molecule has 0 spiro atoms. The number of aliphatic hydroxyl groups is 1. The van der Waals surface area contributed by atoms with Crippen molar-refractivity contribution in [3.05, 3.63) is 23.8 Å². The topological polar surface area (TPSA) is 141 Å². The van der Waals surface area contributed by atoms with Crippen LogP contribution in [0.1, 0.15) is 18.4 Å². The van der Waals surface area contributed by atoms with Crippen molar-refractivity contribution in [3.8, 4) is 11.5 Å². The molecule has 20 heavy (non-hydrogen) atoms. The molecule has 4 N–H and O–H groups in total. The summed E-state index contributed by atoms with van der Waals surface area (Å²) in [4.78, 5) is 10.4. The molecule has 0 amide bonds. The van der Waals surface area contributed by atoms with Crippen molar-refractivity contribution >= 4 is 16.4 Å². The molecule has 0 aromatic heterocycles. The van der Waals surface area contributed by atoms with E-state index < -0.39 is 22.5 Å². The van der Waals surface area contributed by atoms with Crippen LogP contribution in [0.25, 0.3) is 0 Å². The van der Waals surface area contributed by atoms with E-state index >= 15 is 0 Å². The third-order valence-electron chi connectivity index (χ3n) is 2.32. The van der Waals surface area contributed by atoms with Gasteiger partial charge in [-0.1, -0.05) is 0 Å². The molecular formula is C11H14O8S. The highest BCUT2D eigenvalue weighted by molar-refractivity contribution is 7.81. The lowest BCUT2D eigenvalue weighted by Crippen LogP contribution is -2.13. The van der Waals surface area contributed by atoms with E-state index in [2.05, 4.69) is 4.18 Å². The summed E-state index contributed by atoms with van der Waals surface area (Å²) in [6.07, 6.45) is -1.16. The quantitative estimate of drug-likeness (QED) is 0.528. The molecule has 1 rings (SSSR count). The first-order valence-electron chi connectivity index (χ1n) is 5.55. The Morgan fingerprint density at radius 3 is 2.50 bits per heavy atom. The summed E-state index contributed by atoms with van der Waals surface area (Å²) in [5.74, 6) is -1.67. The van der Waals surface area contributed by atoms with Crippen LogP contribution in [0, 0.1) is 0 Å². The lowest BCUT2D eigenvalue weighted by atomic mass is 10.0. The van der Waals surface area contributed by atoms with E-state index in [0.717, 1.165) is 6.07 Å². The number of hydrogen-bond donors (Lipinski definition) is 4. The number of aliphatic hydroxyl groups excluding tert-OH is 1. The number of hydrogen-bond acceptors (Lipinski definition) is 6. The first-order valence-corrected chi connectivity index (χ1v) is 6.92. The van der Waals surface area contributed by atoms with Gasteiger partial charge in [0.1, 0.15) is 11.5 Å². The van der Waals surface area contributed by atoms with Crippen LogP contribution in [-0.2, 0) is 21.6 Å². The predicted octanol–water partition coefficient (Wildman–Crippen LogP) is 0.342. The number of carboxylic acid groups (broad SMARTS) is 1. The Bertz CT molecular complexity index is 580. The molecule has 1 aromatic rings. The van der Waals surface area contributed by atoms with E-state index in [1.165, 1.54) is 12.1 Å². The van der Waals surface area contributed by atoms with Gasteiger partial charge in [0.25, 0.3) is 0 Å². The van der Waals surface area contributed by atoms with Gasteiger partial charge in [-0.15, -0.1) is 0 Å². The van der Waals surface area contributed by atoms with Gasteiger partial charge in [0.15, 0.2) is 0 Å². The van der Waals surface area contributed by atoms with E-state index in [-0.39, 0.29) is 30.8 Å². The van der Waals surface area contributed by atoms with E-state index in [1.807, 2.05) is 0 Å². The average molecular weight is 306 g/mol. The molecule has 1 unspecified atom stereocenters. The van der Waals surface area contributed by atoms with Crippen molar-refractivity contribution in [3.63, 3.8) is 0 Å². The Morgan fingerprint density at radius 1 is 1.30 bits per heavy atom. The molecule has 0 fully saturated rings. The SMILES string of the molecule is O=C(O)CCC(O)Cc1cc(O)cc(OS(=O)(=O)O)c1. The number of benzene rings is 1. The van der Waals surface area contributed by atoms with Crippen LogP contribution in [0.2, 0.25) is 0 Å². The second kappa shape index (κ2) is 6.55. The van der Waals surface area contributed by atoms with Gasteiger partial charge in [-0.3, -0.25) is 9.35 Å². The Morgan fingerprint density at radius 2 is 1.95 bits per heavy atom. The maximum Gasteiger partial charge on any atom is 0.446 e. The summed E-state index contributed by atoms with van der Waals surface area (Å²) in [6, 6.07) is 3.44. The molecule has 112 valence electrons. The van der Waals surface area contributed by atoms with Crippen LogP contribution in [0.4, 0.5) is 0 Å². The fourth-order valence-electron chi connectivity index (χ4n) is 1.60. The van der Waals surface area contributed by atoms with Crippen LogP contribution >= 0.6 is 0 Å². The molecule has 0 heterocycles. The molecule has 0 saturated carbocycles. The molecule has 8 nitrogen and oxygen atoms in total. The Hall–Kier alpha value is -1.84. The molecular weight excluding hydrogens is 292 g/mol. The van der Waals surface area contributed by atoms with Gasteiger partial charge < -0.3 is 19.5 Å². The van der Waals surface area contributed by atoms with Crippen molar-refractivity contribution in [2.75, 3.05) is 0 Å². The number of aliphatic carboxylic acids is 1. The zero-order valence-electron chi connectivity index (χ0n) is 10.3. The van der Waals surface area contributed by atoms with Gasteiger partial charge in [-0.2, -0.15) is 8.42 Å². The molecule has 1 atom stereocenters. The van der Waals surface area contributed by atoms with E-state index in [0.29, 0.717) is 5.56 Å². The summed E-state index contributed by atoms with van der Waals surface area (Å²) in [5.41, 5.74) is 0.335. The molecule has 1 aromatic carbocycles. The first kappa shape index (κ1) is 16.2. The molecule has 0 radical (unpaired) electrons. The number of carbonyl (C=O) groups is 1. The van der Waals surface area contributed by atoms with Crippen molar-refractivity contribution < 1.29 is 37.3 Å². The zero-order chi connectivity index (χ0) is 15.3. The lowest BCUT2D eigenvalue weighted by molar-refractivity contribution is -0.137. The Balaban J connectivity index is 2.77. The maximum atomic E-state index is 10.6. The smallest absolute Gasteiger partial charge is 0.446 e. The van der Waals surface area contributed by atoms with Gasteiger partial charge in [0.2, 0.25) is 0 Å². The van der Waals surface area contributed by atoms with Crippen LogP contribution < -0.4 is 4.18 Å². The summed E-state index contributed by atoms with van der Waals surface area (Å²) < 4.78 is 33.8. The zero-order valence-corrected chi connectivity index (χ0v) is 11.1. The predicted molar refractivity (Wildman–Crippen MR) is 66.9 cm³/mol. The first-order chi connectivity index (χ1) is 9.15. The number of rotatable bonds is 7. The molecule has 0 bridgehead atoms. The third-order valence-corrected chi connectivity index (χ3v) is 2.72. The normalized spacial score (nSPS) is 12.9. The minimum atomic E-state index is -4.71. The van der Waals surface area contributed by atoms with Crippen LogP contribution in [0.3, 0.4) is 0 Å². The van der Waals surface area contributed by atoms with Crippen molar-refractivity contribution in [1.29, 1.82) is 0 Å². The Labute approximate surface area is 115 Å². The largest absolute Gasteiger partial charge is 0.508 e. The highest BCUT2D eigenvalue weighted by Gasteiger charge is 2.13. The highest BCUT2D eigenvalue weighted by atomic mass is 32.3. The molecule has 0 saturated heterocycles. The van der Waals surface area contributed by atoms with Crippen LogP contribution in [0.15, 0.2) is 18.2 Å². The monoisotopic (exact) mass is 306 g/mol. The Kier molecular flexibility index (Phi) is 5.31. The summed E-state index contributed by atoms with van der Waals surface area (Å²) in [7, 11) is -4.71. The van der Waals surface area contributed by atoms with Gasteiger partial charge >= 0.3 is 16.4 Å². The van der Waals surface area contributed by atoms with Crippen LogP contribution in [0.5, 0.6) is 11.5 Å². The average Bonchev–Trinajstić information content (AvgIpc) is 2.22. The fourth-order valence-corrected chi connectivity index (χ4v) is 1.93. The summed E-state index contributed by atoms with van der Waals surface area (Å²) in [6.45, 7) is 0. The summed E-state index contributed by atoms with van der Waals surface area (Å²) >= 11 is 0. The van der Waals surface area contributed by atoms with Crippen LogP contribution in [-0.4, -0.2) is 40.4 Å².